The van der Waals surface area contributed by atoms with E-state index in [4.69, 9.17) is 4.74 Å². The molecular weight excluding hydrogens is 318 g/mol. The van der Waals surface area contributed by atoms with Gasteiger partial charge in [-0.25, -0.2) is 17.5 Å². The first-order valence-corrected chi connectivity index (χ1v) is 10.3. The molecule has 23 heavy (non-hydrogen) atoms. The van der Waals surface area contributed by atoms with Gasteiger partial charge in [0, 0.05) is 38.7 Å². The molecule has 0 radical (unpaired) electrons. The van der Waals surface area contributed by atoms with Gasteiger partial charge in [-0.1, -0.05) is 0 Å². The summed E-state index contributed by atoms with van der Waals surface area (Å²) in [5.41, 5.74) is 0. The van der Waals surface area contributed by atoms with E-state index in [0.29, 0.717) is 19.6 Å². The Morgan fingerprint density at radius 2 is 2.04 bits per heavy atom. The van der Waals surface area contributed by atoms with Crippen molar-refractivity contribution in [3.8, 4) is 0 Å². The number of likely N-dealkylation sites (tertiary alicyclic amines) is 1. The molecule has 0 unspecified atom stereocenters. The maximum Gasteiger partial charge on any atom is 0.317 e. The predicted molar refractivity (Wildman–Crippen MR) is 86.6 cm³/mol. The fourth-order valence-corrected chi connectivity index (χ4v) is 4.97. The summed E-state index contributed by atoms with van der Waals surface area (Å²) >= 11 is 0. The maximum absolute atomic E-state index is 12.4. The highest BCUT2D eigenvalue weighted by Gasteiger charge is 2.38. The third-order valence-electron chi connectivity index (χ3n) is 5.18. The number of carbonyl (C=O) groups is 1. The second-order valence-electron chi connectivity index (χ2n) is 6.72. The molecule has 0 bridgehead atoms. The van der Waals surface area contributed by atoms with Crippen LogP contribution in [0.25, 0.3) is 0 Å². The molecule has 1 N–H and O–H groups in total. The van der Waals surface area contributed by atoms with Crippen LogP contribution in [0.5, 0.6) is 0 Å². The summed E-state index contributed by atoms with van der Waals surface area (Å²) in [4.78, 5) is 14.3. The number of ether oxygens (including phenoxy) is 1. The van der Waals surface area contributed by atoms with Crippen molar-refractivity contribution in [1.29, 1.82) is 0 Å². The molecule has 0 saturated carbocycles. The Labute approximate surface area is 138 Å². The minimum Gasteiger partial charge on any atom is -0.376 e. The Kier molecular flexibility index (Phi) is 5.13. The van der Waals surface area contributed by atoms with Crippen molar-refractivity contribution in [3.05, 3.63) is 0 Å². The normalized spacial score (nSPS) is 29.7. The topological polar surface area (TPSA) is 79.0 Å². The molecule has 8 heteroatoms. The zero-order chi connectivity index (χ0) is 16.4. The van der Waals surface area contributed by atoms with E-state index >= 15 is 0 Å². The Bertz CT molecular complexity index is 527. The molecule has 0 aromatic rings. The molecule has 0 spiro atoms. The van der Waals surface area contributed by atoms with Crippen molar-refractivity contribution in [2.75, 3.05) is 38.5 Å². The lowest BCUT2D eigenvalue weighted by Crippen LogP contribution is -2.55. The van der Waals surface area contributed by atoms with Crippen molar-refractivity contribution in [3.63, 3.8) is 0 Å². The molecule has 0 aliphatic carbocycles. The van der Waals surface area contributed by atoms with Gasteiger partial charge in [-0.2, -0.15) is 0 Å². The third-order valence-corrected chi connectivity index (χ3v) is 6.99. The SMILES string of the molecule is CCS(=O)(=O)N1CC(CNC(=O)N2CCC[C@@H]2[C@H]2CCCO2)C1. The molecule has 0 aromatic heterocycles. The molecule has 132 valence electrons. The van der Waals surface area contributed by atoms with E-state index in [1.54, 1.807) is 6.92 Å². The van der Waals surface area contributed by atoms with E-state index in [-0.39, 0.29) is 29.8 Å². The molecule has 3 aliphatic rings. The lowest BCUT2D eigenvalue weighted by Gasteiger charge is -2.38. The van der Waals surface area contributed by atoms with E-state index in [1.807, 2.05) is 4.90 Å². The molecule has 2 atom stereocenters. The number of hydrogen-bond donors (Lipinski definition) is 1. The Balaban J connectivity index is 1.43. The van der Waals surface area contributed by atoms with Crippen LogP contribution in [0.15, 0.2) is 0 Å². The number of nitrogens with zero attached hydrogens (tertiary/aromatic N) is 2. The summed E-state index contributed by atoms with van der Waals surface area (Å²) < 4.78 is 30.6. The van der Waals surface area contributed by atoms with Crippen molar-refractivity contribution in [1.82, 2.24) is 14.5 Å². The zero-order valence-electron chi connectivity index (χ0n) is 13.7. The first kappa shape index (κ1) is 17.0. The molecule has 0 aromatic carbocycles. The second kappa shape index (κ2) is 6.94. The predicted octanol–water partition coefficient (Wildman–Crippen LogP) is 0.621. The molecule has 3 fully saturated rings. The zero-order valence-corrected chi connectivity index (χ0v) is 14.6. The summed E-state index contributed by atoms with van der Waals surface area (Å²) in [6, 6.07) is 0.177. The smallest absolute Gasteiger partial charge is 0.317 e. The van der Waals surface area contributed by atoms with Gasteiger partial charge in [-0.15, -0.1) is 0 Å². The average molecular weight is 345 g/mol. The van der Waals surface area contributed by atoms with E-state index in [1.165, 1.54) is 4.31 Å². The molecule has 3 aliphatic heterocycles. The van der Waals surface area contributed by atoms with Gasteiger partial charge in [0.2, 0.25) is 10.0 Å². The summed E-state index contributed by atoms with van der Waals surface area (Å²) in [7, 11) is -3.07. The maximum atomic E-state index is 12.4. The van der Waals surface area contributed by atoms with Gasteiger partial charge in [0.25, 0.3) is 0 Å². The van der Waals surface area contributed by atoms with Gasteiger partial charge in [0.15, 0.2) is 0 Å². The fourth-order valence-electron chi connectivity index (χ4n) is 3.73. The van der Waals surface area contributed by atoms with Crippen LogP contribution >= 0.6 is 0 Å². The molecule has 2 amide bonds. The Morgan fingerprint density at radius 1 is 1.26 bits per heavy atom. The number of sulfonamides is 1. The van der Waals surface area contributed by atoms with Crippen LogP contribution < -0.4 is 5.32 Å². The van der Waals surface area contributed by atoms with Gasteiger partial charge in [0.1, 0.15) is 0 Å². The van der Waals surface area contributed by atoms with Crippen LogP contribution in [-0.2, 0) is 14.8 Å². The monoisotopic (exact) mass is 345 g/mol. The van der Waals surface area contributed by atoms with E-state index < -0.39 is 10.0 Å². The first-order chi connectivity index (χ1) is 11.0. The van der Waals surface area contributed by atoms with Crippen LogP contribution in [0.2, 0.25) is 0 Å². The van der Waals surface area contributed by atoms with Crippen LogP contribution in [0.1, 0.15) is 32.6 Å². The highest BCUT2D eigenvalue weighted by atomic mass is 32.2. The number of nitrogens with one attached hydrogen (secondary N) is 1. The number of hydrogen-bond acceptors (Lipinski definition) is 4. The highest BCUT2D eigenvalue weighted by Crippen LogP contribution is 2.28. The van der Waals surface area contributed by atoms with Crippen molar-refractivity contribution < 1.29 is 17.9 Å². The molecule has 3 saturated heterocycles. The summed E-state index contributed by atoms with van der Waals surface area (Å²) in [6.45, 7) is 4.83. The van der Waals surface area contributed by atoms with E-state index in [9.17, 15) is 13.2 Å². The second-order valence-corrected chi connectivity index (χ2v) is 8.98. The van der Waals surface area contributed by atoms with Gasteiger partial charge in [-0.3, -0.25) is 0 Å². The minimum atomic E-state index is -3.07. The average Bonchev–Trinajstić information content (AvgIpc) is 3.15. The van der Waals surface area contributed by atoms with Crippen molar-refractivity contribution in [2.45, 2.75) is 44.8 Å². The van der Waals surface area contributed by atoms with Gasteiger partial charge in [-0.05, 0) is 32.6 Å². The Hall–Kier alpha value is -0.860. The molecule has 3 rings (SSSR count). The lowest BCUT2D eigenvalue weighted by atomic mass is 10.0. The van der Waals surface area contributed by atoms with Gasteiger partial charge >= 0.3 is 6.03 Å². The Morgan fingerprint density at radius 3 is 2.70 bits per heavy atom. The third kappa shape index (κ3) is 3.64. The molecule has 7 nitrogen and oxygen atoms in total. The van der Waals surface area contributed by atoms with Crippen molar-refractivity contribution >= 4 is 16.1 Å². The van der Waals surface area contributed by atoms with Crippen LogP contribution in [0, 0.1) is 5.92 Å². The number of amides is 2. The van der Waals surface area contributed by atoms with Crippen molar-refractivity contribution in [2.24, 2.45) is 5.92 Å². The first-order valence-electron chi connectivity index (χ1n) is 8.65. The summed E-state index contributed by atoms with van der Waals surface area (Å²) in [5.74, 6) is 0.368. The highest BCUT2D eigenvalue weighted by molar-refractivity contribution is 7.89. The number of rotatable bonds is 5. The standard InChI is InChI=1S/C15H27N3O4S/c1-2-23(20,21)17-10-12(11-17)9-16-15(19)18-7-3-5-13(18)14-6-4-8-22-14/h12-14H,2-11H2,1H3,(H,16,19)/t13-,14-/m1/s1. The van der Waals surface area contributed by atoms with Crippen LogP contribution in [0.3, 0.4) is 0 Å². The quantitative estimate of drug-likeness (QED) is 0.792. The molecular formula is C15H27N3O4S. The summed E-state index contributed by atoms with van der Waals surface area (Å²) in [5, 5.41) is 2.98. The van der Waals surface area contributed by atoms with Gasteiger partial charge in [0.05, 0.1) is 17.9 Å². The number of urea groups is 1. The molecule has 3 heterocycles. The minimum absolute atomic E-state index is 0.0280. The van der Waals surface area contributed by atoms with Crippen LogP contribution in [-0.4, -0.2) is 74.3 Å². The van der Waals surface area contributed by atoms with E-state index in [2.05, 4.69) is 5.32 Å². The number of carbonyl (C=O) groups excluding carboxylic acids is 1. The lowest BCUT2D eigenvalue weighted by molar-refractivity contribution is 0.0516. The van der Waals surface area contributed by atoms with Gasteiger partial charge < -0.3 is 15.0 Å². The largest absolute Gasteiger partial charge is 0.376 e. The fraction of sp³-hybridized carbons (Fsp3) is 0.933. The van der Waals surface area contributed by atoms with E-state index in [0.717, 1.165) is 38.8 Å². The summed E-state index contributed by atoms with van der Waals surface area (Å²) in [6.07, 6.45) is 4.37. The van der Waals surface area contributed by atoms with Crippen LogP contribution in [0.4, 0.5) is 4.79 Å².